The van der Waals surface area contributed by atoms with Crippen molar-refractivity contribution in [3.63, 3.8) is 0 Å². The van der Waals surface area contributed by atoms with Crippen LogP contribution in [0.3, 0.4) is 0 Å². The molecule has 0 amide bonds. The predicted octanol–water partition coefficient (Wildman–Crippen LogP) is 1.84. The van der Waals surface area contributed by atoms with Gasteiger partial charge in [-0.3, -0.25) is 0 Å². The highest BCUT2D eigenvalue weighted by Gasteiger charge is 2.28. The zero-order chi connectivity index (χ0) is 11.5. The third kappa shape index (κ3) is 2.71. The molecule has 2 N–H and O–H groups in total. The number of rotatable bonds is 6. The molecule has 4 nitrogen and oxygen atoms in total. The Morgan fingerprint density at radius 3 is 2.88 bits per heavy atom. The lowest BCUT2D eigenvalue weighted by molar-refractivity contribution is 0.575. The second kappa shape index (κ2) is 5.10. The van der Waals surface area contributed by atoms with Gasteiger partial charge in [-0.1, -0.05) is 6.92 Å². The van der Waals surface area contributed by atoms with E-state index in [1.165, 1.54) is 24.4 Å². The van der Waals surface area contributed by atoms with Gasteiger partial charge in [-0.05, 0) is 32.2 Å². The highest BCUT2D eigenvalue weighted by Crippen LogP contribution is 2.39. The molecule has 1 saturated carbocycles. The smallest absolute Gasteiger partial charge is 0.205 e. The van der Waals surface area contributed by atoms with Crippen LogP contribution in [-0.2, 0) is 0 Å². The maximum atomic E-state index is 5.66. The minimum absolute atomic E-state index is 0.508. The maximum absolute atomic E-state index is 5.66. The molecule has 0 bridgehead atoms. The minimum atomic E-state index is 0.508. The molecule has 1 aliphatic rings. The summed E-state index contributed by atoms with van der Waals surface area (Å²) in [6.07, 6.45) is 2.53. The molecule has 16 heavy (non-hydrogen) atoms. The Kier molecular flexibility index (Phi) is 3.76. The Morgan fingerprint density at radius 1 is 1.56 bits per heavy atom. The number of aromatic nitrogens is 2. The molecule has 0 spiro atoms. The van der Waals surface area contributed by atoms with Crippen LogP contribution in [-0.4, -0.2) is 29.0 Å². The summed E-state index contributed by atoms with van der Waals surface area (Å²) in [5.41, 5.74) is 5.66. The van der Waals surface area contributed by atoms with Crippen LogP contribution in [0.4, 0.5) is 5.13 Å². The van der Waals surface area contributed by atoms with Gasteiger partial charge in [-0.15, -0.1) is 0 Å². The summed E-state index contributed by atoms with van der Waals surface area (Å²) in [5, 5.41) is 1.06. The molecule has 1 heterocycles. The monoisotopic (exact) mass is 240 g/mol. The van der Waals surface area contributed by atoms with E-state index in [1.54, 1.807) is 0 Å². The Morgan fingerprint density at radius 2 is 2.31 bits per heavy atom. The molecule has 2 rings (SSSR count). The van der Waals surface area contributed by atoms with Crippen molar-refractivity contribution in [3.8, 4) is 0 Å². The molecule has 0 radical (unpaired) electrons. The molecular formula is C11H20N4S. The van der Waals surface area contributed by atoms with E-state index in [-0.39, 0.29) is 0 Å². The number of hydrogen-bond acceptors (Lipinski definition) is 5. The normalized spacial score (nSPS) is 17.4. The SMILES string of the molecule is CCN(CC(C)CN)c1nc(C2CC2)ns1. The van der Waals surface area contributed by atoms with Gasteiger partial charge in [0.1, 0.15) is 5.82 Å². The van der Waals surface area contributed by atoms with Gasteiger partial charge in [0.15, 0.2) is 0 Å². The Bertz CT molecular complexity index is 334. The van der Waals surface area contributed by atoms with Gasteiger partial charge in [0.25, 0.3) is 0 Å². The predicted molar refractivity (Wildman–Crippen MR) is 68.0 cm³/mol. The fourth-order valence-corrected chi connectivity index (χ4v) is 2.47. The van der Waals surface area contributed by atoms with E-state index in [4.69, 9.17) is 5.73 Å². The van der Waals surface area contributed by atoms with Crippen LogP contribution >= 0.6 is 11.5 Å². The van der Waals surface area contributed by atoms with Crippen molar-refractivity contribution >= 4 is 16.7 Å². The Labute approximate surface area is 101 Å². The maximum Gasteiger partial charge on any atom is 0.205 e. The lowest BCUT2D eigenvalue weighted by Crippen LogP contribution is -2.31. The summed E-state index contributed by atoms with van der Waals surface area (Å²) in [7, 11) is 0. The number of nitrogens with zero attached hydrogens (tertiary/aromatic N) is 3. The first-order valence-electron chi connectivity index (χ1n) is 6.03. The first kappa shape index (κ1) is 11.8. The molecule has 0 aromatic carbocycles. The van der Waals surface area contributed by atoms with Crippen LogP contribution < -0.4 is 10.6 Å². The lowest BCUT2D eigenvalue weighted by Gasteiger charge is -2.22. The van der Waals surface area contributed by atoms with Gasteiger partial charge in [-0.25, -0.2) is 4.98 Å². The molecule has 1 aromatic heterocycles. The molecule has 1 fully saturated rings. The second-order valence-electron chi connectivity index (χ2n) is 4.59. The summed E-state index contributed by atoms with van der Waals surface area (Å²) in [5.74, 6) is 2.21. The van der Waals surface area contributed by atoms with Gasteiger partial charge < -0.3 is 10.6 Å². The number of nitrogens with two attached hydrogens (primary N) is 1. The van der Waals surface area contributed by atoms with E-state index in [2.05, 4.69) is 28.1 Å². The zero-order valence-corrected chi connectivity index (χ0v) is 10.8. The molecule has 0 saturated heterocycles. The standard InChI is InChI=1S/C11H20N4S/c1-3-15(7-8(2)6-12)11-13-10(14-16-11)9-4-5-9/h8-9H,3-7,12H2,1-2H3. The Hall–Kier alpha value is -0.680. The summed E-state index contributed by atoms with van der Waals surface area (Å²) in [4.78, 5) is 6.90. The molecule has 1 aliphatic carbocycles. The van der Waals surface area contributed by atoms with Crippen molar-refractivity contribution in [2.24, 2.45) is 11.7 Å². The molecule has 1 aromatic rings. The molecular weight excluding hydrogens is 220 g/mol. The summed E-state index contributed by atoms with van der Waals surface area (Å²) >= 11 is 1.53. The molecule has 0 aliphatic heterocycles. The third-order valence-electron chi connectivity index (χ3n) is 2.96. The van der Waals surface area contributed by atoms with E-state index >= 15 is 0 Å². The van der Waals surface area contributed by atoms with Crippen molar-refractivity contribution in [1.82, 2.24) is 9.36 Å². The van der Waals surface area contributed by atoms with E-state index in [0.717, 1.165) is 30.6 Å². The van der Waals surface area contributed by atoms with Crippen LogP contribution in [0.25, 0.3) is 0 Å². The van der Waals surface area contributed by atoms with Crippen LogP contribution in [0.1, 0.15) is 38.4 Å². The largest absolute Gasteiger partial charge is 0.347 e. The molecule has 1 atom stereocenters. The fourth-order valence-electron chi connectivity index (χ4n) is 1.66. The van der Waals surface area contributed by atoms with Crippen molar-refractivity contribution in [1.29, 1.82) is 0 Å². The minimum Gasteiger partial charge on any atom is -0.347 e. The first-order chi connectivity index (χ1) is 7.74. The second-order valence-corrected chi connectivity index (χ2v) is 5.32. The quantitative estimate of drug-likeness (QED) is 0.824. The molecule has 5 heteroatoms. The van der Waals surface area contributed by atoms with Crippen molar-refractivity contribution in [3.05, 3.63) is 5.82 Å². The molecule has 90 valence electrons. The van der Waals surface area contributed by atoms with Crippen molar-refractivity contribution in [2.75, 3.05) is 24.5 Å². The highest BCUT2D eigenvalue weighted by atomic mass is 32.1. The van der Waals surface area contributed by atoms with Gasteiger partial charge in [0.2, 0.25) is 5.13 Å². The lowest BCUT2D eigenvalue weighted by atomic mass is 10.2. The number of hydrogen-bond donors (Lipinski definition) is 1. The summed E-state index contributed by atoms with van der Waals surface area (Å²) in [6, 6.07) is 0. The van der Waals surface area contributed by atoms with E-state index < -0.39 is 0 Å². The zero-order valence-electron chi connectivity index (χ0n) is 10.0. The van der Waals surface area contributed by atoms with Gasteiger partial charge in [-0.2, -0.15) is 4.37 Å². The number of anilines is 1. The average Bonchev–Trinajstić information content (AvgIpc) is 3.04. The summed E-state index contributed by atoms with van der Waals surface area (Å²) < 4.78 is 4.44. The average molecular weight is 240 g/mol. The van der Waals surface area contributed by atoms with Crippen LogP contribution in [0, 0.1) is 5.92 Å². The highest BCUT2D eigenvalue weighted by molar-refractivity contribution is 7.09. The fraction of sp³-hybridized carbons (Fsp3) is 0.818. The van der Waals surface area contributed by atoms with Crippen molar-refractivity contribution in [2.45, 2.75) is 32.6 Å². The van der Waals surface area contributed by atoms with Crippen LogP contribution in [0.5, 0.6) is 0 Å². The van der Waals surface area contributed by atoms with Crippen LogP contribution in [0.2, 0.25) is 0 Å². The van der Waals surface area contributed by atoms with Crippen molar-refractivity contribution < 1.29 is 0 Å². The topological polar surface area (TPSA) is 55.0 Å². The first-order valence-corrected chi connectivity index (χ1v) is 6.80. The van der Waals surface area contributed by atoms with Gasteiger partial charge in [0.05, 0.1) is 0 Å². The van der Waals surface area contributed by atoms with E-state index in [9.17, 15) is 0 Å². The van der Waals surface area contributed by atoms with E-state index in [0.29, 0.717) is 11.8 Å². The van der Waals surface area contributed by atoms with Gasteiger partial charge in [0, 0.05) is 30.5 Å². The molecule has 1 unspecified atom stereocenters. The van der Waals surface area contributed by atoms with Crippen LogP contribution in [0.15, 0.2) is 0 Å². The van der Waals surface area contributed by atoms with E-state index in [1.807, 2.05) is 0 Å². The van der Waals surface area contributed by atoms with Gasteiger partial charge >= 0.3 is 0 Å². The Balaban J connectivity index is 2.00. The third-order valence-corrected chi connectivity index (χ3v) is 3.75. The summed E-state index contributed by atoms with van der Waals surface area (Å²) in [6.45, 7) is 7.01.